The molecule has 1 aliphatic carbocycles. The van der Waals surface area contributed by atoms with Crippen LogP contribution in [0.25, 0.3) is 0 Å². The standard InChI is InChI=1S/C21H23N3O3/c1-23-16-9-4-3-8-15(16)21(20(23)26)11-6-12-24(13-21)19(25)18-14-7-2-5-10-17(14)27-22-18/h3-4,8-9H,2,5-7,10-13H2,1H3/t21-/m1/s1. The van der Waals surface area contributed by atoms with Gasteiger partial charge in [-0.1, -0.05) is 23.4 Å². The first-order valence-electron chi connectivity index (χ1n) is 9.76. The van der Waals surface area contributed by atoms with Crippen LogP contribution in [0.15, 0.2) is 28.8 Å². The number of hydrogen-bond donors (Lipinski definition) is 0. The summed E-state index contributed by atoms with van der Waals surface area (Å²) in [6.07, 6.45) is 5.43. The van der Waals surface area contributed by atoms with Crippen LogP contribution in [0.5, 0.6) is 0 Å². The molecular formula is C21H23N3O3. The van der Waals surface area contributed by atoms with Crippen molar-refractivity contribution in [3.8, 4) is 0 Å². The number of hydrogen-bond acceptors (Lipinski definition) is 4. The molecular weight excluding hydrogens is 342 g/mol. The van der Waals surface area contributed by atoms with E-state index >= 15 is 0 Å². The maximum absolute atomic E-state index is 13.3. The molecule has 3 aliphatic rings. The van der Waals surface area contributed by atoms with E-state index in [0.29, 0.717) is 18.8 Å². The van der Waals surface area contributed by atoms with E-state index in [9.17, 15) is 9.59 Å². The van der Waals surface area contributed by atoms with Gasteiger partial charge in [-0.25, -0.2) is 0 Å². The second-order valence-corrected chi connectivity index (χ2v) is 7.93. The van der Waals surface area contributed by atoms with Gasteiger partial charge in [-0.15, -0.1) is 0 Å². The summed E-state index contributed by atoms with van der Waals surface area (Å²) >= 11 is 0. The number of fused-ring (bicyclic) bond motifs is 3. The van der Waals surface area contributed by atoms with Crippen LogP contribution in [0.3, 0.4) is 0 Å². The number of carbonyl (C=O) groups excluding carboxylic acids is 2. The van der Waals surface area contributed by atoms with E-state index in [4.69, 9.17) is 4.52 Å². The molecule has 3 heterocycles. The lowest BCUT2D eigenvalue weighted by Gasteiger charge is -2.39. The van der Waals surface area contributed by atoms with Crippen LogP contribution < -0.4 is 4.90 Å². The average molecular weight is 365 g/mol. The average Bonchev–Trinajstić information content (AvgIpc) is 3.23. The Bertz CT molecular complexity index is 935. The van der Waals surface area contributed by atoms with Crippen molar-refractivity contribution in [2.45, 2.75) is 43.9 Å². The van der Waals surface area contributed by atoms with Crippen LogP contribution in [0, 0.1) is 0 Å². The predicted octanol–water partition coefficient (Wildman–Crippen LogP) is 2.70. The first-order valence-corrected chi connectivity index (χ1v) is 9.76. The third-order valence-electron chi connectivity index (χ3n) is 6.43. The lowest BCUT2D eigenvalue weighted by atomic mass is 9.75. The normalized spacial score (nSPS) is 24.3. The second kappa shape index (κ2) is 5.94. The van der Waals surface area contributed by atoms with Crippen molar-refractivity contribution in [3.63, 3.8) is 0 Å². The van der Waals surface area contributed by atoms with E-state index in [1.807, 2.05) is 36.2 Å². The van der Waals surface area contributed by atoms with Crippen LogP contribution in [-0.2, 0) is 23.1 Å². The number of rotatable bonds is 1. The lowest BCUT2D eigenvalue weighted by Crippen LogP contribution is -2.53. The van der Waals surface area contributed by atoms with Gasteiger partial charge in [-0.3, -0.25) is 9.59 Å². The summed E-state index contributed by atoms with van der Waals surface area (Å²) in [7, 11) is 1.82. The highest BCUT2D eigenvalue weighted by molar-refractivity contribution is 6.08. The van der Waals surface area contributed by atoms with E-state index in [0.717, 1.165) is 61.1 Å². The number of amides is 2. The first kappa shape index (κ1) is 16.5. The van der Waals surface area contributed by atoms with Crippen molar-refractivity contribution in [1.82, 2.24) is 10.1 Å². The first-order chi connectivity index (χ1) is 13.1. The Morgan fingerprint density at radius 1 is 1.19 bits per heavy atom. The van der Waals surface area contributed by atoms with Gasteiger partial charge in [-0.2, -0.15) is 0 Å². The van der Waals surface area contributed by atoms with Crippen LogP contribution in [0.2, 0.25) is 0 Å². The monoisotopic (exact) mass is 365 g/mol. The fraction of sp³-hybridized carbons (Fsp3) is 0.476. The number of anilines is 1. The fourth-order valence-corrected chi connectivity index (χ4v) is 5.04. The Balaban J connectivity index is 1.49. The quantitative estimate of drug-likeness (QED) is 0.779. The van der Waals surface area contributed by atoms with Gasteiger partial charge in [0.25, 0.3) is 5.91 Å². The number of piperidine rings is 1. The predicted molar refractivity (Wildman–Crippen MR) is 99.8 cm³/mol. The van der Waals surface area contributed by atoms with E-state index in [1.165, 1.54) is 0 Å². The van der Waals surface area contributed by atoms with Gasteiger partial charge < -0.3 is 14.3 Å². The van der Waals surface area contributed by atoms with Crippen LogP contribution >= 0.6 is 0 Å². The summed E-state index contributed by atoms with van der Waals surface area (Å²) in [4.78, 5) is 30.0. The summed E-state index contributed by atoms with van der Waals surface area (Å²) in [6.45, 7) is 1.06. The number of aryl methyl sites for hydroxylation is 1. The molecule has 0 bridgehead atoms. The molecule has 1 spiro atoms. The Morgan fingerprint density at radius 3 is 2.89 bits per heavy atom. The largest absolute Gasteiger partial charge is 0.360 e. The molecule has 1 fully saturated rings. The number of carbonyl (C=O) groups is 2. The molecule has 6 heteroatoms. The number of likely N-dealkylation sites (tertiary alicyclic amines) is 1. The molecule has 0 unspecified atom stereocenters. The lowest BCUT2D eigenvalue weighted by molar-refractivity contribution is -0.124. The van der Waals surface area contributed by atoms with Gasteiger partial charge in [0, 0.05) is 37.8 Å². The summed E-state index contributed by atoms with van der Waals surface area (Å²) < 4.78 is 5.44. The summed E-state index contributed by atoms with van der Waals surface area (Å²) in [5, 5.41) is 4.10. The number of nitrogens with zero attached hydrogens (tertiary/aromatic N) is 3. The van der Waals surface area contributed by atoms with E-state index in [2.05, 4.69) is 5.16 Å². The van der Waals surface area contributed by atoms with E-state index < -0.39 is 5.41 Å². The molecule has 1 aromatic heterocycles. The van der Waals surface area contributed by atoms with Gasteiger partial charge in [0.05, 0.1) is 5.41 Å². The summed E-state index contributed by atoms with van der Waals surface area (Å²) in [5.74, 6) is 0.850. The van der Waals surface area contributed by atoms with Crippen LogP contribution in [-0.4, -0.2) is 42.0 Å². The number of likely N-dealkylation sites (N-methyl/N-ethyl adjacent to an activating group) is 1. The van der Waals surface area contributed by atoms with E-state index in [1.54, 1.807) is 4.90 Å². The highest BCUT2D eigenvalue weighted by atomic mass is 16.5. The Hall–Kier alpha value is -2.63. The van der Waals surface area contributed by atoms with Crippen molar-refractivity contribution in [2.75, 3.05) is 25.0 Å². The molecule has 2 amide bonds. The highest BCUT2D eigenvalue weighted by Crippen LogP contribution is 2.46. The third-order valence-corrected chi connectivity index (χ3v) is 6.43. The van der Waals surface area contributed by atoms with Gasteiger partial charge in [-0.05, 0) is 43.7 Å². The Morgan fingerprint density at radius 2 is 2.00 bits per heavy atom. The minimum atomic E-state index is -0.636. The van der Waals surface area contributed by atoms with Crippen LogP contribution in [0.1, 0.15) is 53.1 Å². The zero-order valence-electron chi connectivity index (χ0n) is 15.5. The molecule has 0 radical (unpaired) electrons. The fourth-order valence-electron chi connectivity index (χ4n) is 5.04. The topological polar surface area (TPSA) is 66.7 Å². The summed E-state index contributed by atoms with van der Waals surface area (Å²) in [6, 6.07) is 7.94. The molecule has 1 aromatic carbocycles. The molecule has 1 saturated heterocycles. The zero-order chi connectivity index (χ0) is 18.6. The Labute approximate surface area is 158 Å². The van der Waals surface area contributed by atoms with Gasteiger partial charge in [0.1, 0.15) is 5.76 Å². The van der Waals surface area contributed by atoms with E-state index in [-0.39, 0.29) is 11.8 Å². The van der Waals surface area contributed by atoms with Crippen molar-refractivity contribution in [3.05, 3.63) is 46.8 Å². The molecule has 2 aromatic rings. The maximum Gasteiger partial charge on any atom is 0.276 e. The number of benzene rings is 1. The molecule has 140 valence electrons. The Kier molecular flexibility index (Phi) is 3.64. The van der Waals surface area contributed by atoms with Gasteiger partial charge in [0.15, 0.2) is 5.69 Å². The van der Waals surface area contributed by atoms with Crippen molar-refractivity contribution in [2.24, 2.45) is 0 Å². The van der Waals surface area contributed by atoms with Crippen molar-refractivity contribution in [1.29, 1.82) is 0 Å². The molecule has 0 N–H and O–H groups in total. The number of para-hydroxylation sites is 1. The van der Waals surface area contributed by atoms with Gasteiger partial charge in [0.2, 0.25) is 5.91 Å². The van der Waals surface area contributed by atoms with Gasteiger partial charge >= 0.3 is 0 Å². The minimum absolute atomic E-state index is 0.0865. The molecule has 2 aliphatic heterocycles. The molecule has 1 atom stereocenters. The minimum Gasteiger partial charge on any atom is -0.360 e. The summed E-state index contributed by atoms with van der Waals surface area (Å²) in [5.41, 5.74) is 2.78. The van der Waals surface area contributed by atoms with Crippen molar-refractivity contribution >= 4 is 17.5 Å². The SMILES string of the molecule is CN1C(=O)[C@@]2(CCCN(C(=O)c3noc4c3CCCC4)C2)c2ccccc21. The molecule has 5 rings (SSSR count). The smallest absolute Gasteiger partial charge is 0.276 e. The van der Waals surface area contributed by atoms with Crippen molar-refractivity contribution < 1.29 is 14.1 Å². The maximum atomic E-state index is 13.3. The third kappa shape index (κ3) is 2.28. The zero-order valence-corrected chi connectivity index (χ0v) is 15.5. The molecule has 27 heavy (non-hydrogen) atoms. The molecule has 6 nitrogen and oxygen atoms in total. The highest BCUT2D eigenvalue weighted by Gasteiger charge is 2.52. The van der Waals surface area contributed by atoms with Crippen LogP contribution in [0.4, 0.5) is 5.69 Å². The number of aromatic nitrogens is 1. The molecule has 0 saturated carbocycles. The second-order valence-electron chi connectivity index (χ2n) is 7.93.